The van der Waals surface area contributed by atoms with Gasteiger partial charge in [0.25, 0.3) is 0 Å². The lowest BCUT2D eigenvalue weighted by atomic mass is 9.98. The maximum absolute atomic E-state index is 7.67. The van der Waals surface area contributed by atoms with Crippen molar-refractivity contribution in [2.45, 2.75) is 34.0 Å². The first-order valence-corrected chi connectivity index (χ1v) is 7.75. The van der Waals surface area contributed by atoms with Crippen LogP contribution in [0.4, 0.5) is 0 Å². The molecular weight excluding hydrogens is 266 g/mol. The Balaban J connectivity index is 2.10. The Hall–Kier alpha value is -2.15. The van der Waals surface area contributed by atoms with E-state index >= 15 is 0 Å². The summed E-state index contributed by atoms with van der Waals surface area (Å²) in [5, 5.41) is 1.17. The first kappa shape index (κ1) is 11.4. The number of benzene rings is 2. The predicted octanol–water partition coefficient (Wildman–Crippen LogP) is 5.72. The number of hydrogen-bond acceptors (Lipinski definition) is 1. The molecule has 0 amide bonds. The van der Waals surface area contributed by atoms with E-state index in [1.165, 1.54) is 10.9 Å². The third-order valence-electron chi connectivity index (χ3n) is 3.82. The molecule has 22 heavy (non-hydrogen) atoms. The molecule has 3 aromatic rings. The van der Waals surface area contributed by atoms with Crippen molar-refractivity contribution in [3.63, 3.8) is 0 Å². The number of hydrogen-bond donors (Lipinski definition) is 0. The molecule has 0 unspecified atom stereocenters. The molecule has 0 aliphatic rings. The Labute approximate surface area is 137 Å². The largest absolute Gasteiger partial charge is 0.248 e. The van der Waals surface area contributed by atoms with Gasteiger partial charge in [-0.15, -0.1) is 0 Å². The van der Waals surface area contributed by atoms with Crippen LogP contribution in [0.2, 0.25) is 0 Å². The van der Waals surface area contributed by atoms with E-state index < -0.39 is 6.85 Å². The van der Waals surface area contributed by atoms with Gasteiger partial charge in [0.2, 0.25) is 0 Å². The smallest absolute Gasteiger partial charge is 0.0712 e. The number of nitrogens with zero attached hydrogens (tertiary/aromatic N) is 1. The second kappa shape index (κ2) is 5.92. The monoisotopic (exact) mass is 292 g/mol. The minimum atomic E-state index is -2.11. The fourth-order valence-corrected chi connectivity index (χ4v) is 2.93. The molecule has 3 rings (SSSR count). The molecule has 112 valence electrons. The van der Waals surface area contributed by atoms with Crippen molar-refractivity contribution in [1.29, 1.82) is 0 Å². The van der Waals surface area contributed by atoms with E-state index in [4.69, 9.17) is 9.10 Å². The highest BCUT2D eigenvalue weighted by Crippen LogP contribution is 2.26. The maximum Gasteiger partial charge on any atom is 0.0712 e. The number of rotatable bonds is 3. The van der Waals surface area contributed by atoms with Gasteiger partial charge in [0.1, 0.15) is 0 Å². The van der Waals surface area contributed by atoms with Crippen LogP contribution in [0.1, 0.15) is 34.7 Å². The molecular formula is C21H23N. The molecule has 0 spiro atoms. The van der Waals surface area contributed by atoms with E-state index in [9.17, 15) is 0 Å². The first-order valence-electron chi connectivity index (χ1n) is 9.25. The lowest BCUT2D eigenvalue weighted by Crippen LogP contribution is -1.96. The summed E-state index contributed by atoms with van der Waals surface area (Å²) < 4.78 is 23.0. The molecule has 0 fully saturated rings. The highest BCUT2D eigenvalue weighted by Gasteiger charge is 2.07. The first-order chi connectivity index (χ1) is 11.7. The highest BCUT2D eigenvalue weighted by atomic mass is 14.7. The summed E-state index contributed by atoms with van der Waals surface area (Å²) >= 11 is 0. The topological polar surface area (TPSA) is 12.9 Å². The van der Waals surface area contributed by atoms with Crippen LogP contribution in [0.25, 0.3) is 22.2 Å². The van der Waals surface area contributed by atoms with Gasteiger partial charge in [0, 0.05) is 15.1 Å². The summed E-state index contributed by atoms with van der Waals surface area (Å²) in [5.74, 6) is 0.587. The van der Waals surface area contributed by atoms with Crippen molar-refractivity contribution in [3.05, 3.63) is 65.2 Å². The van der Waals surface area contributed by atoms with Crippen LogP contribution >= 0.6 is 0 Å². The molecule has 1 heterocycles. The molecule has 0 radical (unpaired) electrons. The summed E-state index contributed by atoms with van der Waals surface area (Å²) in [5.41, 5.74) is 5.20. The lowest BCUT2D eigenvalue weighted by molar-refractivity contribution is 0.650. The second-order valence-electron chi connectivity index (χ2n) is 6.37. The van der Waals surface area contributed by atoms with Gasteiger partial charge in [0.15, 0.2) is 0 Å². The summed E-state index contributed by atoms with van der Waals surface area (Å²) in [6, 6.07) is 15.7. The van der Waals surface area contributed by atoms with Gasteiger partial charge in [-0.05, 0) is 55.9 Å². The number of aryl methyl sites for hydroxylation is 2. The van der Waals surface area contributed by atoms with E-state index in [1.54, 1.807) is 12.1 Å². The molecule has 0 saturated heterocycles. The Kier molecular flexibility index (Phi) is 3.07. The average Bonchev–Trinajstić information content (AvgIpc) is 2.53. The Morgan fingerprint density at radius 2 is 1.86 bits per heavy atom. The standard InChI is InChI=1S/C21H23N/c1-14(2)10-17-6-5-7-21-19(17)8-9-20(22-21)18-12-15(3)11-16(4)13-18/h5-9,11-14H,10H2,1-4H3/i3D3. The Morgan fingerprint density at radius 1 is 1.05 bits per heavy atom. The number of pyridine rings is 1. The van der Waals surface area contributed by atoms with Gasteiger partial charge in [0.05, 0.1) is 11.2 Å². The molecule has 1 heteroatoms. The quantitative estimate of drug-likeness (QED) is 0.602. The third-order valence-corrected chi connectivity index (χ3v) is 3.82. The zero-order valence-corrected chi connectivity index (χ0v) is 13.4. The summed E-state index contributed by atoms with van der Waals surface area (Å²) in [7, 11) is 0. The molecule has 2 aromatic carbocycles. The summed E-state index contributed by atoms with van der Waals surface area (Å²) in [6.45, 7) is 4.23. The SMILES string of the molecule is [2H]C([2H])([2H])c1cc(C)cc(-c2ccc3c(CC(C)C)cccc3n2)c1. The van der Waals surface area contributed by atoms with Gasteiger partial charge in [-0.2, -0.15) is 0 Å². The molecule has 0 bridgehead atoms. The van der Waals surface area contributed by atoms with Crippen LogP contribution in [-0.4, -0.2) is 4.98 Å². The molecule has 1 aromatic heterocycles. The number of fused-ring (bicyclic) bond motifs is 1. The molecule has 0 N–H and O–H groups in total. The van der Waals surface area contributed by atoms with E-state index in [2.05, 4.69) is 26.0 Å². The van der Waals surface area contributed by atoms with Crippen LogP contribution in [0.15, 0.2) is 48.5 Å². The van der Waals surface area contributed by atoms with Crippen molar-refractivity contribution in [2.75, 3.05) is 0 Å². The van der Waals surface area contributed by atoms with Gasteiger partial charge in [-0.25, -0.2) is 4.98 Å². The highest BCUT2D eigenvalue weighted by molar-refractivity contribution is 5.84. The van der Waals surface area contributed by atoms with Crippen molar-refractivity contribution in [2.24, 2.45) is 5.92 Å². The zero-order chi connectivity index (χ0) is 18.2. The van der Waals surface area contributed by atoms with E-state index in [1.807, 2.05) is 31.2 Å². The van der Waals surface area contributed by atoms with Crippen LogP contribution in [0.5, 0.6) is 0 Å². The second-order valence-corrected chi connectivity index (χ2v) is 6.37. The van der Waals surface area contributed by atoms with Gasteiger partial charge >= 0.3 is 0 Å². The average molecular weight is 292 g/mol. The van der Waals surface area contributed by atoms with Gasteiger partial charge < -0.3 is 0 Å². The molecule has 1 nitrogen and oxygen atoms in total. The van der Waals surface area contributed by atoms with Crippen molar-refractivity contribution in [1.82, 2.24) is 4.98 Å². The van der Waals surface area contributed by atoms with E-state index in [0.717, 1.165) is 28.8 Å². The van der Waals surface area contributed by atoms with E-state index in [0.29, 0.717) is 11.5 Å². The third kappa shape index (κ3) is 3.04. The minimum absolute atomic E-state index is 0.359. The fourth-order valence-electron chi connectivity index (χ4n) is 2.93. The normalized spacial score (nSPS) is 13.9. The van der Waals surface area contributed by atoms with Crippen LogP contribution in [0, 0.1) is 19.7 Å². The van der Waals surface area contributed by atoms with Crippen molar-refractivity contribution >= 4 is 10.9 Å². The van der Waals surface area contributed by atoms with Gasteiger partial charge in [-0.1, -0.05) is 49.2 Å². The predicted molar refractivity (Wildman–Crippen MR) is 95.2 cm³/mol. The minimum Gasteiger partial charge on any atom is -0.248 e. The molecule has 0 saturated carbocycles. The Bertz CT molecular complexity index is 911. The van der Waals surface area contributed by atoms with Crippen molar-refractivity contribution < 1.29 is 4.11 Å². The summed E-state index contributed by atoms with van der Waals surface area (Å²) in [6.07, 6.45) is 1.02. The van der Waals surface area contributed by atoms with Crippen LogP contribution in [0.3, 0.4) is 0 Å². The zero-order valence-electron chi connectivity index (χ0n) is 16.4. The maximum atomic E-state index is 7.67. The Morgan fingerprint density at radius 3 is 2.64 bits per heavy atom. The molecule has 0 aliphatic heterocycles. The fraction of sp³-hybridized carbons (Fsp3) is 0.286. The molecule has 0 atom stereocenters. The van der Waals surface area contributed by atoms with Crippen LogP contribution < -0.4 is 0 Å². The van der Waals surface area contributed by atoms with E-state index in [-0.39, 0.29) is 0 Å². The number of aromatic nitrogens is 1. The van der Waals surface area contributed by atoms with Crippen molar-refractivity contribution in [3.8, 4) is 11.3 Å². The lowest BCUT2D eigenvalue weighted by Gasteiger charge is -2.10. The molecule has 0 aliphatic carbocycles. The summed E-state index contributed by atoms with van der Waals surface area (Å²) in [4.78, 5) is 4.79. The van der Waals surface area contributed by atoms with Crippen LogP contribution in [-0.2, 0) is 6.42 Å². The van der Waals surface area contributed by atoms with Gasteiger partial charge in [-0.3, -0.25) is 0 Å².